The molecule has 0 saturated heterocycles. The Morgan fingerprint density at radius 1 is 0.786 bits per heavy atom. The van der Waals surface area contributed by atoms with E-state index < -0.39 is 0 Å². The maximum absolute atomic E-state index is 5.85. The van der Waals surface area contributed by atoms with Crippen molar-refractivity contribution >= 4 is 0 Å². The summed E-state index contributed by atoms with van der Waals surface area (Å²) in [5.74, 6) is 3.70. The Hall–Kier alpha value is -0.920. The fourth-order valence-electron chi connectivity index (χ4n) is 5.40. The van der Waals surface area contributed by atoms with Gasteiger partial charge in [0.05, 0.1) is 24.7 Å². The van der Waals surface area contributed by atoms with Gasteiger partial charge in [0.1, 0.15) is 0 Å². The fourth-order valence-corrected chi connectivity index (χ4v) is 5.40. The SMILES string of the molecule is C=C(CCC1(C)CCC(C)C1)OCCCCOC(=C)CCC1(C)CCC(C)C1. The third kappa shape index (κ3) is 8.21. The van der Waals surface area contributed by atoms with Gasteiger partial charge in [-0.2, -0.15) is 0 Å². The molecule has 2 aliphatic carbocycles. The van der Waals surface area contributed by atoms with E-state index in [1.807, 2.05) is 0 Å². The number of unbranched alkanes of at least 4 members (excludes halogenated alkanes) is 1. The maximum atomic E-state index is 5.85. The quantitative estimate of drug-likeness (QED) is 0.234. The summed E-state index contributed by atoms with van der Waals surface area (Å²) in [5.41, 5.74) is 1.01. The van der Waals surface area contributed by atoms with Crippen LogP contribution in [0.3, 0.4) is 0 Å². The molecule has 162 valence electrons. The van der Waals surface area contributed by atoms with Crippen LogP contribution in [0.15, 0.2) is 24.7 Å². The Labute approximate surface area is 175 Å². The molecule has 4 unspecified atom stereocenters. The summed E-state index contributed by atoms with van der Waals surface area (Å²) in [5, 5.41) is 0. The van der Waals surface area contributed by atoms with Crippen LogP contribution in [-0.4, -0.2) is 13.2 Å². The molecule has 0 heterocycles. The molecule has 2 heteroatoms. The van der Waals surface area contributed by atoms with E-state index in [0.29, 0.717) is 10.8 Å². The van der Waals surface area contributed by atoms with Gasteiger partial charge in [-0.3, -0.25) is 0 Å². The fraction of sp³-hybridized carbons (Fsp3) is 0.846. The lowest BCUT2D eigenvalue weighted by Crippen LogP contribution is -2.12. The summed E-state index contributed by atoms with van der Waals surface area (Å²) in [4.78, 5) is 0. The first-order valence-electron chi connectivity index (χ1n) is 11.8. The van der Waals surface area contributed by atoms with Crippen LogP contribution < -0.4 is 0 Å². The molecule has 28 heavy (non-hydrogen) atoms. The second-order valence-electron chi connectivity index (χ2n) is 10.8. The molecule has 2 fully saturated rings. The second kappa shape index (κ2) is 10.7. The molecule has 0 aromatic carbocycles. The van der Waals surface area contributed by atoms with Gasteiger partial charge in [-0.05, 0) is 74.0 Å². The minimum absolute atomic E-state index is 0.507. The van der Waals surface area contributed by atoms with Crippen molar-refractivity contribution in [3.05, 3.63) is 24.7 Å². The molecule has 0 aromatic heterocycles. The van der Waals surface area contributed by atoms with Crippen molar-refractivity contribution in [2.75, 3.05) is 13.2 Å². The van der Waals surface area contributed by atoms with Gasteiger partial charge in [0, 0.05) is 12.8 Å². The molecule has 4 atom stereocenters. The van der Waals surface area contributed by atoms with E-state index in [0.717, 1.165) is 62.3 Å². The Bertz CT molecular complexity index is 465. The van der Waals surface area contributed by atoms with Crippen molar-refractivity contribution < 1.29 is 9.47 Å². The highest BCUT2D eigenvalue weighted by molar-refractivity contribution is 4.91. The molecule has 0 N–H and O–H groups in total. The molecule has 2 nitrogen and oxygen atoms in total. The average molecular weight is 391 g/mol. The highest BCUT2D eigenvalue weighted by Gasteiger charge is 2.33. The Balaban J connectivity index is 1.44. The predicted octanol–water partition coefficient (Wildman–Crippen LogP) is 8.04. The highest BCUT2D eigenvalue weighted by Crippen LogP contribution is 2.45. The van der Waals surface area contributed by atoms with Gasteiger partial charge in [0.25, 0.3) is 0 Å². The number of ether oxygens (including phenoxy) is 2. The summed E-state index contributed by atoms with van der Waals surface area (Å²) in [7, 11) is 0. The van der Waals surface area contributed by atoms with Gasteiger partial charge < -0.3 is 9.47 Å². The molecule has 0 aromatic rings. The number of hydrogen-bond acceptors (Lipinski definition) is 2. The van der Waals surface area contributed by atoms with E-state index >= 15 is 0 Å². The second-order valence-corrected chi connectivity index (χ2v) is 10.8. The van der Waals surface area contributed by atoms with Crippen LogP contribution in [0, 0.1) is 22.7 Å². The number of allylic oxidation sites excluding steroid dienone is 2. The summed E-state index contributed by atoms with van der Waals surface area (Å²) >= 11 is 0. The molecule has 0 radical (unpaired) electrons. The van der Waals surface area contributed by atoms with Crippen LogP contribution in [0.1, 0.15) is 105 Å². The third-order valence-electron chi connectivity index (χ3n) is 7.33. The van der Waals surface area contributed by atoms with Crippen molar-refractivity contribution in [2.24, 2.45) is 22.7 Å². The van der Waals surface area contributed by atoms with E-state index in [2.05, 4.69) is 40.9 Å². The van der Waals surface area contributed by atoms with Gasteiger partial charge in [-0.15, -0.1) is 0 Å². The average Bonchev–Trinajstić information content (AvgIpc) is 3.16. The summed E-state index contributed by atoms with van der Waals surface area (Å²) in [6.45, 7) is 19.4. The van der Waals surface area contributed by atoms with Crippen molar-refractivity contribution in [1.82, 2.24) is 0 Å². The molecular weight excluding hydrogens is 344 g/mol. The summed E-state index contributed by atoms with van der Waals surface area (Å²) in [6.07, 6.45) is 14.7. The first-order valence-corrected chi connectivity index (χ1v) is 11.8. The normalized spacial score (nSPS) is 32.4. The van der Waals surface area contributed by atoms with Crippen LogP contribution in [0.25, 0.3) is 0 Å². The van der Waals surface area contributed by atoms with Gasteiger partial charge in [-0.25, -0.2) is 0 Å². The predicted molar refractivity (Wildman–Crippen MR) is 120 cm³/mol. The largest absolute Gasteiger partial charge is 0.499 e. The maximum Gasteiger partial charge on any atom is 0.0888 e. The topological polar surface area (TPSA) is 18.5 Å². The molecule has 2 rings (SSSR count). The zero-order chi connectivity index (χ0) is 20.6. The molecule has 2 saturated carbocycles. The van der Waals surface area contributed by atoms with Crippen LogP contribution in [-0.2, 0) is 9.47 Å². The first kappa shape index (κ1) is 23.4. The monoisotopic (exact) mass is 390 g/mol. The molecule has 0 spiro atoms. The Morgan fingerprint density at radius 2 is 1.18 bits per heavy atom. The lowest BCUT2D eigenvalue weighted by atomic mass is 9.83. The molecular formula is C26H46O2. The van der Waals surface area contributed by atoms with Crippen molar-refractivity contribution in [3.63, 3.8) is 0 Å². The number of hydrogen-bond donors (Lipinski definition) is 0. The van der Waals surface area contributed by atoms with Crippen molar-refractivity contribution in [2.45, 2.75) is 105 Å². The summed E-state index contributed by atoms with van der Waals surface area (Å²) in [6, 6.07) is 0. The van der Waals surface area contributed by atoms with E-state index in [9.17, 15) is 0 Å². The number of rotatable bonds is 13. The first-order chi connectivity index (χ1) is 13.2. The molecule has 0 aliphatic heterocycles. The minimum Gasteiger partial charge on any atom is -0.499 e. The van der Waals surface area contributed by atoms with Gasteiger partial charge >= 0.3 is 0 Å². The van der Waals surface area contributed by atoms with E-state index in [4.69, 9.17) is 9.47 Å². The Kier molecular flexibility index (Phi) is 8.96. The van der Waals surface area contributed by atoms with Crippen LogP contribution >= 0.6 is 0 Å². The van der Waals surface area contributed by atoms with Crippen molar-refractivity contribution in [3.8, 4) is 0 Å². The van der Waals surface area contributed by atoms with E-state index in [-0.39, 0.29) is 0 Å². The summed E-state index contributed by atoms with van der Waals surface area (Å²) < 4.78 is 11.7. The van der Waals surface area contributed by atoms with E-state index in [1.54, 1.807) is 0 Å². The zero-order valence-corrected chi connectivity index (χ0v) is 19.3. The van der Waals surface area contributed by atoms with Crippen LogP contribution in [0.2, 0.25) is 0 Å². The lowest BCUT2D eigenvalue weighted by molar-refractivity contribution is 0.155. The third-order valence-corrected chi connectivity index (χ3v) is 7.33. The molecule has 0 amide bonds. The van der Waals surface area contributed by atoms with Gasteiger partial charge in [0.2, 0.25) is 0 Å². The van der Waals surface area contributed by atoms with Crippen LogP contribution in [0.4, 0.5) is 0 Å². The van der Waals surface area contributed by atoms with Gasteiger partial charge in [0.15, 0.2) is 0 Å². The lowest BCUT2D eigenvalue weighted by Gasteiger charge is -2.24. The minimum atomic E-state index is 0.507. The highest BCUT2D eigenvalue weighted by atomic mass is 16.5. The van der Waals surface area contributed by atoms with E-state index in [1.165, 1.54) is 51.4 Å². The molecule has 2 aliphatic rings. The van der Waals surface area contributed by atoms with Gasteiger partial charge in [-0.1, -0.05) is 53.7 Å². The standard InChI is InChI=1S/C26H46O2/c1-21-9-13-25(5,19-21)15-11-23(3)27-17-7-8-18-28-24(4)12-16-26(6)14-10-22(2)20-26/h21-22H,3-4,7-20H2,1-2,5-6H3. The van der Waals surface area contributed by atoms with Crippen molar-refractivity contribution in [1.29, 1.82) is 0 Å². The molecule has 0 bridgehead atoms. The Morgan fingerprint density at radius 3 is 1.50 bits per heavy atom. The smallest absolute Gasteiger partial charge is 0.0888 e. The van der Waals surface area contributed by atoms with Crippen LogP contribution in [0.5, 0.6) is 0 Å². The zero-order valence-electron chi connectivity index (χ0n) is 19.3.